The molecule has 0 radical (unpaired) electrons. The van der Waals surface area contributed by atoms with Gasteiger partial charge in [-0.2, -0.15) is 0 Å². The second kappa shape index (κ2) is 4.89. The molecule has 0 aromatic rings. The first-order valence-corrected chi connectivity index (χ1v) is 7.09. The average Bonchev–Trinajstić information content (AvgIpc) is 1.98. The molecule has 0 aliphatic heterocycles. The summed E-state index contributed by atoms with van der Waals surface area (Å²) in [7, 11) is -12.4. The van der Waals surface area contributed by atoms with Crippen LogP contribution in [0.1, 0.15) is 0 Å². The third-order valence-electron chi connectivity index (χ3n) is 0.802. The van der Waals surface area contributed by atoms with Gasteiger partial charge in [-0.15, -0.1) is 0 Å². The number of hydrogen-bond donors (Lipinski definition) is 0. The molecule has 0 saturated heterocycles. The molecule has 6 nitrogen and oxygen atoms in total. The normalized spacial score (nSPS) is 14.9. The molecule has 0 fully saturated rings. The van der Waals surface area contributed by atoms with E-state index < -0.39 is 46.9 Å². The summed E-state index contributed by atoms with van der Waals surface area (Å²) in [5.41, 5.74) is -11.8. The van der Waals surface area contributed by atoms with Gasteiger partial charge in [0.2, 0.25) is 0 Å². The predicted octanol–water partition coefficient (Wildman–Crippen LogP) is 0.253. The Kier molecular flexibility index (Phi) is 4.87. The molecule has 0 spiro atoms. The maximum absolute atomic E-state index is 11.6. The van der Waals surface area contributed by atoms with E-state index in [1.54, 1.807) is 0 Å². The molecule has 104 valence electrons. The van der Waals surface area contributed by atoms with Crippen LogP contribution in [0.2, 0.25) is 0 Å². The van der Waals surface area contributed by atoms with Crippen LogP contribution >= 0.6 is 0 Å². The van der Waals surface area contributed by atoms with Crippen LogP contribution in [0.3, 0.4) is 0 Å². The fraction of sp³-hybridized carbons (Fsp3) is 1.00. The Bertz CT molecular complexity index is 414. The van der Waals surface area contributed by atoms with E-state index in [0.717, 1.165) is 0 Å². The number of halogens is 6. The van der Waals surface area contributed by atoms with Gasteiger partial charge in [-0.3, -0.25) is 0 Å². The van der Waals surface area contributed by atoms with Crippen LogP contribution in [0, 0.1) is 0 Å². The predicted molar refractivity (Wildman–Crippen MR) is 37.9 cm³/mol. The summed E-state index contributed by atoms with van der Waals surface area (Å²) in [6, 6.07) is 0. The molecule has 0 unspecified atom stereocenters. The molecule has 0 amide bonds. The SMILES string of the molecule is O=S(=O)(O[Se]OS(=O)(=O)C(F)(F)F)C(F)(F)F. The third kappa shape index (κ3) is 4.59. The zero-order chi connectivity index (χ0) is 14.1. The monoisotopic (exact) mass is 378 g/mol. The Morgan fingerprint density at radius 3 is 1.12 bits per heavy atom. The molecule has 15 heteroatoms. The van der Waals surface area contributed by atoms with Crippen molar-refractivity contribution in [1.29, 1.82) is 0 Å². The van der Waals surface area contributed by atoms with E-state index in [2.05, 4.69) is 6.53 Å². The fourth-order valence-corrected chi connectivity index (χ4v) is 2.87. The molecule has 0 saturated carbocycles. The maximum atomic E-state index is 11.6. The van der Waals surface area contributed by atoms with Crippen LogP contribution in [-0.4, -0.2) is 43.5 Å². The van der Waals surface area contributed by atoms with Gasteiger partial charge in [0.1, 0.15) is 0 Å². The first-order chi connectivity index (χ1) is 7.21. The van der Waals surface area contributed by atoms with Crippen molar-refractivity contribution in [2.24, 2.45) is 0 Å². The van der Waals surface area contributed by atoms with Crippen molar-refractivity contribution in [2.75, 3.05) is 0 Å². The Hall–Kier alpha value is -0.0805. The van der Waals surface area contributed by atoms with Gasteiger partial charge in [0.05, 0.1) is 0 Å². The van der Waals surface area contributed by atoms with Crippen molar-refractivity contribution in [3.05, 3.63) is 0 Å². The second-order valence-corrected chi connectivity index (χ2v) is 7.02. The molecule has 0 aliphatic rings. The van der Waals surface area contributed by atoms with Gasteiger partial charge in [0.15, 0.2) is 0 Å². The molecule has 0 rings (SSSR count). The Morgan fingerprint density at radius 2 is 0.941 bits per heavy atom. The summed E-state index contributed by atoms with van der Waals surface area (Å²) < 4.78 is 116. The van der Waals surface area contributed by atoms with E-state index in [-0.39, 0.29) is 0 Å². The summed E-state index contributed by atoms with van der Waals surface area (Å²) in [4.78, 5) is 0. The third-order valence-corrected chi connectivity index (χ3v) is 5.36. The second-order valence-electron chi connectivity index (χ2n) is 2.00. The van der Waals surface area contributed by atoms with Gasteiger partial charge < -0.3 is 0 Å². The molecule has 0 bridgehead atoms. The summed E-state index contributed by atoms with van der Waals surface area (Å²) in [6.07, 6.45) is 0. The first-order valence-electron chi connectivity index (χ1n) is 2.88. The van der Waals surface area contributed by atoms with Gasteiger partial charge in [-0.05, 0) is 0 Å². The molecule has 0 aliphatic carbocycles. The van der Waals surface area contributed by atoms with Crippen molar-refractivity contribution in [2.45, 2.75) is 11.0 Å². The van der Waals surface area contributed by atoms with Gasteiger partial charge in [-0.25, -0.2) is 0 Å². The van der Waals surface area contributed by atoms with Crippen molar-refractivity contribution in [3.63, 3.8) is 0 Å². The van der Waals surface area contributed by atoms with E-state index in [0.29, 0.717) is 0 Å². The topological polar surface area (TPSA) is 86.7 Å². The Labute approximate surface area is 96.9 Å². The van der Waals surface area contributed by atoms with E-state index in [9.17, 15) is 43.2 Å². The van der Waals surface area contributed by atoms with E-state index in [1.165, 1.54) is 0 Å². The Balaban J connectivity index is 4.58. The molecule has 0 heterocycles. The van der Waals surface area contributed by atoms with Crippen LogP contribution in [0.25, 0.3) is 0 Å². The first kappa shape index (κ1) is 16.9. The van der Waals surface area contributed by atoms with Crippen LogP contribution in [0.15, 0.2) is 0 Å². The van der Waals surface area contributed by atoms with Crippen molar-refractivity contribution < 1.29 is 49.7 Å². The number of rotatable bonds is 4. The molecular formula is C2F6O6S2Se. The average molecular weight is 377 g/mol. The zero-order valence-electron chi connectivity index (χ0n) is 6.94. The summed E-state index contributed by atoms with van der Waals surface area (Å²) >= 11 is -2.86. The minimum atomic E-state index is -6.19. The van der Waals surface area contributed by atoms with Crippen LogP contribution in [0.4, 0.5) is 26.3 Å². The molecular weight excluding hydrogens is 377 g/mol. The zero-order valence-corrected chi connectivity index (χ0v) is 10.3. The Morgan fingerprint density at radius 1 is 0.706 bits per heavy atom. The standard InChI is InChI=1S/C2F6O6S2Se/c3-1(4,5)15(9,10)13-17-14-16(11,12)2(6,7)8. The van der Waals surface area contributed by atoms with Crippen molar-refractivity contribution in [3.8, 4) is 0 Å². The van der Waals surface area contributed by atoms with Gasteiger partial charge in [0.25, 0.3) is 0 Å². The van der Waals surface area contributed by atoms with Gasteiger partial charge in [0, 0.05) is 0 Å². The molecule has 0 aromatic carbocycles. The van der Waals surface area contributed by atoms with Gasteiger partial charge >= 0.3 is 96.6 Å². The number of alkyl halides is 6. The fourth-order valence-electron chi connectivity index (χ4n) is 0.162. The van der Waals surface area contributed by atoms with E-state index >= 15 is 0 Å². The van der Waals surface area contributed by atoms with Crippen LogP contribution in [0.5, 0.6) is 0 Å². The van der Waals surface area contributed by atoms with Gasteiger partial charge in [-0.1, -0.05) is 0 Å². The summed E-state index contributed by atoms with van der Waals surface area (Å²) in [6.45, 7) is 0. The molecule has 0 aromatic heterocycles. The van der Waals surface area contributed by atoms with E-state index in [4.69, 9.17) is 0 Å². The quantitative estimate of drug-likeness (QED) is 0.397. The minimum absolute atomic E-state index is 2.86. The van der Waals surface area contributed by atoms with E-state index in [1.807, 2.05) is 0 Å². The van der Waals surface area contributed by atoms with Crippen LogP contribution in [-0.2, 0) is 26.8 Å². The number of hydrogen-bond acceptors (Lipinski definition) is 6. The van der Waals surface area contributed by atoms with Crippen LogP contribution < -0.4 is 0 Å². The summed E-state index contributed by atoms with van der Waals surface area (Å²) in [5.74, 6) is 0. The summed E-state index contributed by atoms with van der Waals surface area (Å²) in [5, 5.41) is 0. The van der Waals surface area contributed by atoms with Crippen molar-refractivity contribution >= 4 is 35.9 Å². The van der Waals surface area contributed by atoms with Crippen molar-refractivity contribution in [1.82, 2.24) is 0 Å². The molecule has 0 N–H and O–H groups in total. The molecule has 17 heavy (non-hydrogen) atoms. The molecule has 0 atom stereocenters.